The van der Waals surface area contributed by atoms with Gasteiger partial charge in [-0.25, -0.2) is 0 Å². The number of rotatable bonds is 3. The maximum Gasteiger partial charge on any atom is 0.263 e. The van der Waals surface area contributed by atoms with Crippen LogP contribution in [0.1, 0.15) is 5.69 Å². The largest absolute Gasteiger partial charge is 0.504 e. The van der Waals surface area contributed by atoms with Crippen LogP contribution in [0.4, 0.5) is 5.00 Å². The molecule has 0 radical (unpaired) electrons. The number of hydrogen-bond acceptors (Lipinski definition) is 8. The first-order valence-corrected chi connectivity index (χ1v) is 6.80. The van der Waals surface area contributed by atoms with Crippen molar-refractivity contribution in [3.8, 4) is 34.3 Å². The minimum atomic E-state index is 0.0482. The average molecular weight is 304 g/mol. The fraction of sp³-hybridized carbons (Fsp3) is 0.154. The number of benzene rings is 1. The fourth-order valence-corrected chi connectivity index (χ4v) is 2.56. The molecule has 0 aliphatic carbocycles. The third-order valence-corrected chi connectivity index (χ3v) is 3.73. The van der Waals surface area contributed by atoms with Crippen LogP contribution in [0.5, 0.6) is 11.5 Å². The highest BCUT2D eigenvalue weighted by Gasteiger charge is 2.18. The van der Waals surface area contributed by atoms with E-state index in [-0.39, 0.29) is 5.75 Å². The van der Waals surface area contributed by atoms with Crippen LogP contribution in [0.15, 0.2) is 22.7 Å². The summed E-state index contributed by atoms with van der Waals surface area (Å²) in [6.45, 7) is 1.83. The summed E-state index contributed by atoms with van der Waals surface area (Å²) in [5.74, 6) is 1.09. The molecule has 0 aliphatic rings. The van der Waals surface area contributed by atoms with E-state index >= 15 is 0 Å². The second kappa shape index (κ2) is 5.06. The van der Waals surface area contributed by atoms with E-state index in [4.69, 9.17) is 15.0 Å². The summed E-state index contributed by atoms with van der Waals surface area (Å²) in [7, 11) is 1.47. The summed E-state index contributed by atoms with van der Waals surface area (Å²) in [5, 5.41) is 14.1. The zero-order valence-corrected chi connectivity index (χ0v) is 12.1. The Kier molecular flexibility index (Phi) is 3.22. The lowest BCUT2D eigenvalue weighted by Crippen LogP contribution is -1.88. The lowest BCUT2D eigenvalue weighted by atomic mass is 10.2. The summed E-state index contributed by atoms with van der Waals surface area (Å²) < 4.78 is 14.5. The Labute approximate surface area is 124 Å². The molecule has 0 saturated heterocycles. The van der Waals surface area contributed by atoms with Crippen molar-refractivity contribution in [1.29, 1.82) is 0 Å². The van der Waals surface area contributed by atoms with Crippen molar-refractivity contribution in [3.63, 3.8) is 0 Å². The molecule has 0 fully saturated rings. The number of aromatic hydroxyl groups is 1. The number of nitrogen functional groups attached to an aromatic ring is 1. The lowest BCUT2D eigenvalue weighted by Gasteiger charge is -2.03. The van der Waals surface area contributed by atoms with E-state index in [1.54, 1.807) is 12.1 Å². The van der Waals surface area contributed by atoms with E-state index in [0.29, 0.717) is 33.6 Å². The number of aryl methyl sites for hydroxylation is 1. The van der Waals surface area contributed by atoms with Crippen molar-refractivity contribution in [2.75, 3.05) is 12.8 Å². The first-order valence-electron chi connectivity index (χ1n) is 6.03. The van der Waals surface area contributed by atoms with E-state index in [1.807, 2.05) is 6.92 Å². The van der Waals surface area contributed by atoms with Crippen molar-refractivity contribution in [3.05, 3.63) is 23.9 Å². The predicted molar refractivity (Wildman–Crippen MR) is 78.2 cm³/mol. The van der Waals surface area contributed by atoms with Gasteiger partial charge < -0.3 is 20.1 Å². The van der Waals surface area contributed by atoms with E-state index in [1.165, 1.54) is 24.7 Å². The molecule has 7 nitrogen and oxygen atoms in total. The van der Waals surface area contributed by atoms with Gasteiger partial charge >= 0.3 is 0 Å². The number of methoxy groups -OCH3 is 1. The van der Waals surface area contributed by atoms with Gasteiger partial charge in [0.25, 0.3) is 5.89 Å². The van der Waals surface area contributed by atoms with Crippen molar-refractivity contribution in [2.24, 2.45) is 0 Å². The molecule has 8 heteroatoms. The van der Waals surface area contributed by atoms with Gasteiger partial charge in [-0.3, -0.25) is 0 Å². The minimum Gasteiger partial charge on any atom is -0.504 e. The van der Waals surface area contributed by atoms with Crippen LogP contribution in [0.3, 0.4) is 0 Å². The maximum absolute atomic E-state index is 9.60. The summed E-state index contributed by atoms with van der Waals surface area (Å²) in [6.07, 6.45) is 0. The summed E-state index contributed by atoms with van der Waals surface area (Å²) >= 11 is 1.19. The summed E-state index contributed by atoms with van der Waals surface area (Å²) in [6, 6.07) is 4.82. The van der Waals surface area contributed by atoms with E-state index < -0.39 is 0 Å². The zero-order valence-electron chi connectivity index (χ0n) is 11.3. The number of nitrogens with two attached hydrogens (primary N) is 1. The van der Waals surface area contributed by atoms with Gasteiger partial charge in [0.15, 0.2) is 11.5 Å². The number of ether oxygens (including phenoxy) is 1. The summed E-state index contributed by atoms with van der Waals surface area (Å²) in [5.41, 5.74) is 7.93. The molecule has 0 saturated carbocycles. The number of nitrogens with zero attached hydrogens (tertiary/aromatic N) is 3. The molecule has 0 spiro atoms. The van der Waals surface area contributed by atoms with Gasteiger partial charge in [0, 0.05) is 5.56 Å². The normalized spacial score (nSPS) is 10.8. The van der Waals surface area contributed by atoms with Crippen LogP contribution in [0.25, 0.3) is 22.8 Å². The Balaban J connectivity index is 2.03. The topological polar surface area (TPSA) is 107 Å². The SMILES string of the molecule is COc1cc(-c2noc(-c3c(C)nsc3N)n2)ccc1O. The van der Waals surface area contributed by atoms with Crippen LogP contribution < -0.4 is 10.5 Å². The molecule has 21 heavy (non-hydrogen) atoms. The molecule has 0 atom stereocenters. The fourth-order valence-electron chi connectivity index (χ4n) is 1.91. The zero-order chi connectivity index (χ0) is 15.0. The monoisotopic (exact) mass is 304 g/mol. The van der Waals surface area contributed by atoms with E-state index in [0.717, 1.165) is 5.69 Å². The Morgan fingerprint density at radius 2 is 2.19 bits per heavy atom. The number of hydrogen-bond donors (Lipinski definition) is 2. The molecule has 3 rings (SSSR count). The highest BCUT2D eigenvalue weighted by molar-refractivity contribution is 7.10. The Hall–Kier alpha value is -2.61. The molecular formula is C13H12N4O3S. The molecule has 108 valence electrons. The number of anilines is 1. The third kappa shape index (κ3) is 2.29. The predicted octanol–water partition coefficient (Wildman–Crippen LogP) is 2.46. The lowest BCUT2D eigenvalue weighted by molar-refractivity contribution is 0.373. The van der Waals surface area contributed by atoms with Crippen molar-refractivity contribution < 1.29 is 14.4 Å². The van der Waals surface area contributed by atoms with Crippen LogP contribution in [-0.4, -0.2) is 26.7 Å². The number of phenolic OH excluding ortho intramolecular Hbond substituents is 1. The average Bonchev–Trinajstić information content (AvgIpc) is 3.06. The maximum atomic E-state index is 9.60. The second-order valence-corrected chi connectivity index (χ2v) is 5.12. The molecule has 0 amide bonds. The summed E-state index contributed by atoms with van der Waals surface area (Å²) in [4.78, 5) is 4.32. The van der Waals surface area contributed by atoms with Crippen LogP contribution in [-0.2, 0) is 0 Å². The Morgan fingerprint density at radius 3 is 2.86 bits per heavy atom. The standard InChI is InChI=1S/C13H12N4O3S/c1-6-10(11(14)21-17-6)13-15-12(16-20-13)7-3-4-8(18)9(5-7)19-2/h3-5,18H,14H2,1-2H3. The van der Waals surface area contributed by atoms with Gasteiger partial charge in [-0.1, -0.05) is 5.16 Å². The molecule has 3 aromatic rings. The van der Waals surface area contributed by atoms with Crippen LogP contribution in [0, 0.1) is 6.92 Å². The third-order valence-electron chi connectivity index (χ3n) is 2.97. The second-order valence-electron chi connectivity index (χ2n) is 4.32. The van der Waals surface area contributed by atoms with Crippen molar-refractivity contribution >= 4 is 16.5 Å². The first-order chi connectivity index (χ1) is 10.1. The van der Waals surface area contributed by atoms with Gasteiger partial charge in [0.2, 0.25) is 5.82 Å². The van der Waals surface area contributed by atoms with Gasteiger partial charge in [0.1, 0.15) is 5.00 Å². The van der Waals surface area contributed by atoms with Gasteiger partial charge in [-0.2, -0.15) is 9.36 Å². The molecule has 2 heterocycles. The smallest absolute Gasteiger partial charge is 0.263 e. The first kappa shape index (κ1) is 13.4. The van der Waals surface area contributed by atoms with E-state index in [9.17, 15) is 5.11 Å². The molecule has 1 aromatic carbocycles. The van der Waals surface area contributed by atoms with Crippen LogP contribution in [0.2, 0.25) is 0 Å². The highest BCUT2D eigenvalue weighted by Crippen LogP contribution is 2.34. The van der Waals surface area contributed by atoms with Gasteiger partial charge in [0.05, 0.1) is 18.4 Å². The molecule has 0 unspecified atom stereocenters. The van der Waals surface area contributed by atoms with Crippen LogP contribution >= 0.6 is 11.5 Å². The van der Waals surface area contributed by atoms with Gasteiger partial charge in [-0.05, 0) is 36.7 Å². The minimum absolute atomic E-state index is 0.0482. The Bertz CT molecular complexity index is 777. The molecule has 2 aromatic heterocycles. The molecule has 0 bridgehead atoms. The molecular weight excluding hydrogens is 292 g/mol. The van der Waals surface area contributed by atoms with E-state index in [2.05, 4.69) is 14.5 Å². The quantitative estimate of drug-likeness (QED) is 0.765. The number of aromatic nitrogens is 3. The Morgan fingerprint density at radius 1 is 1.38 bits per heavy atom. The highest BCUT2D eigenvalue weighted by atomic mass is 32.1. The van der Waals surface area contributed by atoms with Crippen molar-refractivity contribution in [2.45, 2.75) is 6.92 Å². The number of phenols is 1. The molecule has 3 N–H and O–H groups in total. The molecule has 0 aliphatic heterocycles. The van der Waals surface area contributed by atoms with Crippen molar-refractivity contribution in [1.82, 2.24) is 14.5 Å². The van der Waals surface area contributed by atoms with Gasteiger partial charge in [-0.15, -0.1) is 0 Å².